The van der Waals surface area contributed by atoms with E-state index in [0.717, 1.165) is 5.56 Å². The Morgan fingerprint density at radius 2 is 1.63 bits per heavy atom. The zero-order chi connectivity index (χ0) is 25.4. The number of nitrogens with one attached hydrogen (secondary N) is 3. The summed E-state index contributed by atoms with van der Waals surface area (Å²) in [5.74, 6) is -0.447. The van der Waals surface area contributed by atoms with Gasteiger partial charge in [0.05, 0.1) is 16.5 Å². The van der Waals surface area contributed by atoms with Gasteiger partial charge in [-0.3, -0.25) is 9.59 Å². The van der Waals surface area contributed by atoms with Crippen LogP contribution in [0.15, 0.2) is 77.7 Å². The van der Waals surface area contributed by atoms with Gasteiger partial charge in [-0.05, 0) is 55.3 Å². The van der Waals surface area contributed by atoms with E-state index in [-0.39, 0.29) is 22.2 Å². The van der Waals surface area contributed by atoms with Crippen molar-refractivity contribution >= 4 is 44.8 Å². The fourth-order valence-electron chi connectivity index (χ4n) is 3.32. The van der Waals surface area contributed by atoms with Gasteiger partial charge >= 0.3 is 0 Å². The number of rotatable bonds is 10. The normalized spacial score (nSPS) is 12.0. The van der Waals surface area contributed by atoms with Gasteiger partial charge in [-0.2, -0.15) is 4.72 Å². The van der Waals surface area contributed by atoms with Crippen molar-refractivity contribution in [3.05, 3.63) is 83.4 Å². The Labute approximate surface area is 209 Å². The molecule has 3 N–H and O–H groups in total. The summed E-state index contributed by atoms with van der Waals surface area (Å²) >= 11 is 6.17. The highest BCUT2D eigenvalue weighted by molar-refractivity contribution is 7.89. The summed E-state index contributed by atoms with van der Waals surface area (Å²) in [7, 11) is -4.10. The molecule has 1 atom stereocenters. The predicted octanol–water partition coefficient (Wildman–Crippen LogP) is 4.23. The van der Waals surface area contributed by atoms with Crippen LogP contribution in [-0.2, 0) is 26.0 Å². The summed E-state index contributed by atoms with van der Waals surface area (Å²) in [4.78, 5) is 24.4. The average molecular weight is 516 g/mol. The average Bonchev–Trinajstić information content (AvgIpc) is 2.80. The third-order valence-electron chi connectivity index (χ3n) is 4.86. The Morgan fingerprint density at radius 3 is 2.26 bits per heavy atom. The number of halogens is 1. The van der Waals surface area contributed by atoms with Gasteiger partial charge in [-0.25, -0.2) is 8.42 Å². The Balaban J connectivity index is 1.86. The molecule has 0 aliphatic heterocycles. The van der Waals surface area contributed by atoms with E-state index in [1.54, 1.807) is 43.3 Å². The van der Waals surface area contributed by atoms with E-state index in [1.165, 1.54) is 25.1 Å². The molecule has 0 aromatic heterocycles. The second-order valence-electron chi connectivity index (χ2n) is 7.64. The Hall–Kier alpha value is -3.40. The van der Waals surface area contributed by atoms with Crippen molar-refractivity contribution in [3.8, 4) is 5.75 Å². The lowest BCUT2D eigenvalue weighted by atomic mass is 10.1. The van der Waals surface area contributed by atoms with Crippen LogP contribution >= 0.6 is 11.6 Å². The molecule has 0 bridgehead atoms. The van der Waals surface area contributed by atoms with Gasteiger partial charge in [-0.1, -0.05) is 48.0 Å². The van der Waals surface area contributed by atoms with Crippen molar-refractivity contribution in [2.24, 2.45) is 0 Å². The van der Waals surface area contributed by atoms with Crippen molar-refractivity contribution in [1.82, 2.24) is 4.72 Å². The van der Waals surface area contributed by atoms with Crippen LogP contribution in [0.3, 0.4) is 0 Å². The number of sulfonamides is 1. The molecule has 0 aliphatic rings. The lowest BCUT2D eigenvalue weighted by Crippen LogP contribution is -2.45. The molecule has 184 valence electrons. The van der Waals surface area contributed by atoms with E-state index < -0.39 is 22.0 Å². The zero-order valence-corrected chi connectivity index (χ0v) is 20.8. The van der Waals surface area contributed by atoms with Gasteiger partial charge in [0.15, 0.2) is 0 Å². The van der Waals surface area contributed by atoms with Gasteiger partial charge in [0.25, 0.3) is 0 Å². The largest absolute Gasteiger partial charge is 0.492 e. The summed E-state index contributed by atoms with van der Waals surface area (Å²) in [6.45, 7) is 3.55. The van der Waals surface area contributed by atoms with Gasteiger partial charge in [-0.15, -0.1) is 0 Å². The van der Waals surface area contributed by atoms with Crippen LogP contribution in [0.5, 0.6) is 5.75 Å². The highest BCUT2D eigenvalue weighted by Gasteiger charge is 2.27. The van der Waals surface area contributed by atoms with Crippen LogP contribution in [0.4, 0.5) is 11.4 Å². The van der Waals surface area contributed by atoms with Crippen LogP contribution in [0.1, 0.15) is 19.4 Å². The van der Waals surface area contributed by atoms with Crippen LogP contribution in [0.2, 0.25) is 5.02 Å². The molecule has 0 fully saturated rings. The molecule has 0 radical (unpaired) electrons. The fraction of sp³-hybridized carbons (Fsp3) is 0.200. The molecule has 0 saturated carbocycles. The van der Waals surface area contributed by atoms with Gasteiger partial charge < -0.3 is 15.4 Å². The number of amides is 2. The quantitative estimate of drug-likeness (QED) is 0.374. The van der Waals surface area contributed by atoms with Crippen molar-refractivity contribution < 1.29 is 22.7 Å². The summed E-state index contributed by atoms with van der Waals surface area (Å²) < 4.78 is 34.2. The smallest absolute Gasteiger partial charge is 0.242 e. The van der Waals surface area contributed by atoms with E-state index in [0.29, 0.717) is 23.7 Å². The van der Waals surface area contributed by atoms with Crippen LogP contribution in [0.25, 0.3) is 0 Å². The molecule has 35 heavy (non-hydrogen) atoms. The van der Waals surface area contributed by atoms with Gasteiger partial charge in [0.2, 0.25) is 21.8 Å². The standard InChI is InChI=1S/C25H26ClN3O5S/c1-3-34-24-13-12-21(16-22(24)26)35(32,33)29-23(14-18-8-5-4-6-9-18)25(31)28-20-11-7-10-19(15-20)27-17(2)30/h4-13,15-16,23,29H,3,14H2,1-2H3,(H,27,30)(H,28,31)/t23-/m1/s1. The first-order valence-corrected chi connectivity index (χ1v) is 12.7. The van der Waals surface area contributed by atoms with E-state index in [9.17, 15) is 18.0 Å². The van der Waals surface area contributed by atoms with Crippen LogP contribution in [-0.4, -0.2) is 32.9 Å². The highest BCUT2D eigenvalue weighted by Crippen LogP contribution is 2.27. The molecule has 0 heterocycles. The van der Waals surface area contributed by atoms with Crippen LogP contribution in [0, 0.1) is 0 Å². The zero-order valence-electron chi connectivity index (χ0n) is 19.2. The van der Waals surface area contributed by atoms with Gasteiger partial charge in [0.1, 0.15) is 11.8 Å². The number of carbonyl (C=O) groups is 2. The molecule has 8 nitrogen and oxygen atoms in total. The number of hydrogen-bond acceptors (Lipinski definition) is 5. The first-order valence-electron chi connectivity index (χ1n) is 10.8. The van der Waals surface area contributed by atoms with Crippen LogP contribution < -0.4 is 20.1 Å². The van der Waals surface area contributed by atoms with Crippen molar-refractivity contribution in [2.45, 2.75) is 31.2 Å². The summed E-state index contributed by atoms with van der Waals surface area (Å²) in [6, 6.07) is 18.6. The van der Waals surface area contributed by atoms with Gasteiger partial charge in [0, 0.05) is 18.3 Å². The molecular weight excluding hydrogens is 490 g/mol. The minimum absolute atomic E-state index is 0.0931. The molecule has 2 amide bonds. The molecule has 10 heteroatoms. The monoisotopic (exact) mass is 515 g/mol. The minimum atomic E-state index is -4.10. The first-order chi connectivity index (χ1) is 16.7. The molecule has 3 aromatic rings. The molecular formula is C25H26ClN3O5S. The Morgan fingerprint density at radius 1 is 0.943 bits per heavy atom. The first kappa shape index (κ1) is 26.2. The number of benzene rings is 3. The van der Waals surface area contributed by atoms with E-state index in [2.05, 4.69) is 15.4 Å². The third-order valence-corrected chi connectivity index (χ3v) is 6.63. The van der Waals surface area contributed by atoms with E-state index >= 15 is 0 Å². The van der Waals surface area contributed by atoms with Crippen molar-refractivity contribution in [3.63, 3.8) is 0 Å². The second-order valence-corrected chi connectivity index (χ2v) is 9.76. The summed E-state index contributed by atoms with van der Waals surface area (Å²) in [6.07, 6.45) is 0.113. The Bertz CT molecular complexity index is 1300. The lowest BCUT2D eigenvalue weighted by Gasteiger charge is -2.19. The van der Waals surface area contributed by atoms with E-state index in [4.69, 9.17) is 16.3 Å². The maximum absolute atomic E-state index is 13.2. The summed E-state index contributed by atoms with van der Waals surface area (Å²) in [5, 5.41) is 5.51. The molecule has 3 aromatic carbocycles. The maximum Gasteiger partial charge on any atom is 0.242 e. The number of ether oxygens (including phenoxy) is 1. The predicted molar refractivity (Wildman–Crippen MR) is 136 cm³/mol. The highest BCUT2D eigenvalue weighted by atomic mass is 35.5. The summed E-state index contributed by atoms with van der Waals surface area (Å²) in [5.41, 5.74) is 1.68. The molecule has 3 rings (SSSR count). The second kappa shape index (κ2) is 11.8. The lowest BCUT2D eigenvalue weighted by molar-refractivity contribution is -0.117. The molecule has 0 spiro atoms. The SMILES string of the molecule is CCOc1ccc(S(=O)(=O)N[C@H](Cc2ccccc2)C(=O)Nc2cccc(NC(C)=O)c2)cc1Cl. The van der Waals surface area contributed by atoms with Crippen molar-refractivity contribution in [1.29, 1.82) is 0 Å². The number of anilines is 2. The Kier molecular flexibility index (Phi) is 8.86. The molecule has 0 saturated heterocycles. The minimum Gasteiger partial charge on any atom is -0.492 e. The topological polar surface area (TPSA) is 114 Å². The maximum atomic E-state index is 13.2. The van der Waals surface area contributed by atoms with E-state index in [1.807, 2.05) is 18.2 Å². The molecule has 0 aliphatic carbocycles. The molecule has 0 unspecified atom stereocenters. The third kappa shape index (κ3) is 7.54. The van der Waals surface area contributed by atoms with Crippen molar-refractivity contribution in [2.75, 3.05) is 17.2 Å². The fourth-order valence-corrected chi connectivity index (χ4v) is 4.84. The number of carbonyl (C=O) groups excluding carboxylic acids is 2. The number of hydrogen-bond donors (Lipinski definition) is 3.